The van der Waals surface area contributed by atoms with E-state index >= 15 is 0 Å². The number of rotatable bonds is 7. The van der Waals surface area contributed by atoms with Gasteiger partial charge < -0.3 is 16.0 Å². The first-order valence-electron chi connectivity index (χ1n) is 7.04. The van der Waals surface area contributed by atoms with Crippen LogP contribution >= 0.6 is 0 Å². The summed E-state index contributed by atoms with van der Waals surface area (Å²) in [5.41, 5.74) is 6.17. The fourth-order valence-electron chi connectivity index (χ4n) is 2.68. The topological polar surface area (TPSA) is 41.3 Å². The summed E-state index contributed by atoms with van der Waals surface area (Å²) in [4.78, 5) is 2.58. The molecule has 1 fully saturated rings. The van der Waals surface area contributed by atoms with E-state index in [9.17, 15) is 0 Å². The van der Waals surface area contributed by atoms with E-state index in [2.05, 4.69) is 23.7 Å². The van der Waals surface area contributed by atoms with Crippen molar-refractivity contribution in [3.63, 3.8) is 0 Å². The molecule has 100 valence electrons. The van der Waals surface area contributed by atoms with Gasteiger partial charge in [-0.1, -0.05) is 13.0 Å². The number of hydrogen-bond donors (Lipinski definition) is 2. The Morgan fingerprint density at radius 3 is 2.88 bits per heavy atom. The fourth-order valence-corrected chi connectivity index (χ4v) is 2.68. The summed E-state index contributed by atoms with van der Waals surface area (Å²) in [7, 11) is 0. The van der Waals surface area contributed by atoms with Crippen LogP contribution < -0.4 is 11.1 Å². The highest BCUT2D eigenvalue weighted by molar-refractivity contribution is 4.92. The summed E-state index contributed by atoms with van der Waals surface area (Å²) in [6.07, 6.45) is 7.90. The molecule has 0 aliphatic carbocycles. The van der Waals surface area contributed by atoms with E-state index in [-0.39, 0.29) is 5.54 Å². The Balaban J connectivity index is 2.45. The van der Waals surface area contributed by atoms with Gasteiger partial charge in [0.1, 0.15) is 0 Å². The first kappa shape index (κ1) is 14.7. The summed E-state index contributed by atoms with van der Waals surface area (Å²) in [6.45, 7) is 11.4. The number of hydrogen-bond acceptors (Lipinski definition) is 3. The first-order chi connectivity index (χ1) is 8.26. The van der Waals surface area contributed by atoms with E-state index in [0.717, 1.165) is 19.5 Å². The molecule has 1 unspecified atom stereocenters. The monoisotopic (exact) mass is 239 g/mol. The average Bonchev–Trinajstić information content (AvgIpc) is 2.54. The Bertz CT molecular complexity index is 218. The molecule has 0 aromatic carbocycles. The maximum absolute atomic E-state index is 6.00. The molecule has 17 heavy (non-hydrogen) atoms. The van der Waals surface area contributed by atoms with Crippen molar-refractivity contribution in [3.8, 4) is 0 Å². The molecule has 1 atom stereocenters. The van der Waals surface area contributed by atoms with Crippen LogP contribution in [0.2, 0.25) is 0 Å². The van der Waals surface area contributed by atoms with Gasteiger partial charge in [0, 0.05) is 12.1 Å². The van der Waals surface area contributed by atoms with Crippen LogP contribution in [0.25, 0.3) is 0 Å². The number of nitrogens with two attached hydrogens (primary N) is 1. The van der Waals surface area contributed by atoms with Crippen LogP contribution in [0, 0.1) is 0 Å². The van der Waals surface area contributed by atoms with Crippen LogP contribution in [0.4, 0.5) is 0 Å². The minimum Gasteiger partial charge on any atom is -0.329 e. The van der Waals surface area contributed by atoms with Gasteiger partial charge in [0.25, 0.3) is 0 Å². The molecule has 0 aromatic heterocycles. The van der Waals surface area contributed by atoms with Gasteiger partial charge in [-0.25, -0.2) is 0 Å². The number of nitrogens with zero attached hydrogens (tertiary/aromatic N) is 1. The van der Waals surface area contributed by atoms with E-state index in [0.29, 0.717) is 0 Å². The van der Waals surface area contributed by atoms with E-state index in [1.165, 1.54) is 45.3 Å². The molecule has 0 bridgehead atoms. The molecule has 3 N–H and O–H groups in total. The molecule has 0 aromatic rings. The lowest BCUT2D eigenvalue weighted by atomic mass is 9.90. The van der Waals surface area contributed by atoms with E-state index in [1.807, 2.05) is 6.08 Å². The van der Waals surface area contributed by atoms with Gasteiger partial charge in [0.15, 0.2) is 0 Å². The molecule has 1 aliphatic heterocycles. The molecule has 1 heterocycles. The second-order valence-electron chi connectivity index (χ2n) is 5.18. The second-order valence-corrected chi connectivity index (χ2v) is 5.18. The maximum atomic E-state index is 6.00. The summed E-state index contributed by atoms with van der Waals surface area (Å²) >= 11 is 0. The Morgan fingerprint density at radius 2 is 2.24 bits per heavy atom. The zero-order chi connectivity index (χ0) is 12.6. The standard InChI is InChI=1S/C14H29N3/c1-3-5-9-16-14(13-15)7-6-11-17(10-4-2)12-8-14/h3,16H,1,4-13,15H2,2H3. The predicted octanol–water partition coefficient (Wildman–Crippen LogP) is 1.75. The van der Waals surface area contributed by atoms with Gasteiger partial charge in [-0.05, 0) is 58.3 Å². The van der Waals surface area contributed by atoms with Crippen molar-refractivity contribution >= 4 is 0 Å². The first-order valence-corrected chi connectivity index (χ1v) is 7.04. The van der Waals surface area contributed by atoms with Crippen molar-refractivity contribution in [2.45, 2.75) is 44.6 Å². The zero-order valence-corrected chi connectivity index (χ0v) is 11.4. The lowest BCUT2D eigenvalue weighted by Gasteiger charge is -2.33. The van der Waals surface area contributed by atoms with Gasteiger partial charge in [0.2, 0.25) is 0 Å². The molecule has 3 nitrogen and oxygen atoms in total. The summed E-state index contributed by atoms with van der Waals surface area (Å²) in [6, 6.07) is 0. The SMILES string of the molecule is C=CCCNC1(CN)CCCN(CCC)CC1. The van der Waals surface area contributed by atoms with Crippen LogP contribution in [-0.4, -0.2) is 43.2 Å². The molecular weight excluding hydrogens is 210 g/mol. The second kappa shape index (κ2) is 7.85. The highest BCUT2D eigenvalue weighted by atomic mass is 15.1. The molecule has 0 amide bonds. The molecule has 0 saturated carbocycles. The van der Waals surface area contributed by atoms with Crippen LogP contribution in [0.15, 0.2) is 12.7 Å². The van der Waals surface area contributed by atoms with Crippen molar-refractivity contribution in [3.05, 3.63) is 12.7 Å². The average molecular weight is 239 g/mol. The van der Waals surface area contributed by atoms with Crippen molar-refractivity contribution in [1.29, 1.82) is 0 Å². The smallest absolute Gasteiger partial charge is 0.0316 e. The largest absolute Gasteiger partial charge is 0.329 e. The predicted molar refractivity (Wildman–Crippen MR) is 75.2 cm³/mol. The number of nitrogens with one attached hydrogen (secondary N) is 1. The Labute approximate surface area is 106 Å². The minimum atomic E-state index is 0.172. The molecular formula is C14H29N3. The highest BCUT2D eigenvalue weighted by Crippen LogP contribution is 2.21. The zero-order valence-electron chi connectivity index (χ0n) is 11.4. The number of likely N-dealkylation sites (tertiary alicyclic amines) is 1. The molecule has 1 saturated heterocycles. The Morgan fingerprint density at radius 1 is 1.41 bits per heavy atom. The minimum absolute atomic E-state index is 0.172. The summed E-state index contributed by atoms with van der Waals surface area (Å²) in [5, 5.41) is 3.67. The Kier molecular flexibility index (Phi) is 6.78. The normalized spacial score (nSPS) is 26.7. The highest BCUT2D eigenvalue weighted by Gasteiger charge is 2.30. The van der Waals surface area contributed by atoms with Gasteiger partial charge in [-0.3, -0.25) is 0 Å². The van der Waals surface area contributed by atoms with Crippen LogP contribution in [0.5, 0.6) is 0 Å². The van der Waals surface area contributed by atoms with E-state index < -0.39 is 0 Å². The molecule has 0 spiro atoms. The van der Waals surface area contributed by atoms with Gasteiger partial charge in [-0.15, -0.1) is 6.58 Å². The van der Waals surface area contributed by atoms with Gasteiger partial charge in [-0.2, -0.15) is 0 Å². The third kappa shape index (κ3) is 4.78. The van der Waals surface area contributed by atoms with E-state index in [4.69, 9.17) is 5.73 Å². The summed E-state index contributed by atoms with van der Waals surface area (Å²) in [5.74, 6) is 0. The van der Waals surface area contributed by atoms with Crippen molar-refractivity contribution < 1.29 is 0 Å². The van der Waals surface area contributed by atoms with Crippen LogP contribution in [-0.2, 0) is 0 Å². The van der Waals surface area contributed by atoms with Crippen molar-refractivity contribution in [2.24, 2.45) is 5.73 Å². The fraction of sp³-hybridized carbons (Fsp3) is 0.857. The lowest BCUT2D eigenvalue weighted by Crippen LogP contribution is -2.52. The quantitative estimate of drug-likeness (QED) is 0.525. The molecule has 1 rings (SSSR count). The third-order valence-corrected chi connectivity index (χ3v) is 3.82. The van der Waals surface area contributed by atoms with Gasteiger partial charge >= 0.3 is 0 Å². The van der Waals surface area contributed by atoms with Crippen molar-refractivity contribution in [1.82, 2.24) is 10.2 Å². The summed E-state index contributed by atoms with van der Waals surface area (Å²) < 4.78 is 0. The Hall–Kier alpha value is -0.380. The lowest BCUT2D eigenvalue weighted by molar-refractivity contribution is 0.259. The molecule has 1 aliphatic rings. The van der Waals surface area contributed by atoms with Gasteiger partial charge in [0.05, 0.1) is 0 Å². The third-order valence-electron chi connectivity index (χ3n) is 3.82. The van der Waals surface area contributed by atoms with E-state index in [1.54, 1.807) is 0 Å². The molecule has 0 radical (unpaired) electrons. The maximum Gasteiger partial charge on any atom is 0.0316 e. The van der Waals surface area contributed by atoms with Crippen LogP contribution in [0.1, 0.15) is 39.0 Å². The van der Waals surface area contributed by atoms with Crippen LogP contribution in [0.3, 0.4) is 0 Å². The van der Waals surface area contributed by atoms with Crippen molar-refractivity contribution in [2.75, 3.05) is 32.7 Å². The molecule has 3 heteroatoms.